The summed E-state index contributed by atoms with van der Waals surface area (Å²) >= 11 is 1.79. The zero-order valence-electron chi connectivity index (χ0n) is 11.6. The fraction of sp³-hybridized carbons (Fsp3) is 0.111. The molecule has 0 bridgehead atoms. The van der Waals surface area contributed by atoms with Crippen molar-refractivity contribution in [3.8, 4) is 5.00 Å². The topological polar surface area (TPSA) is 4.93 Å². The molecule has 0 aliphatic carbocycles. The second kappa shape index (κ2) is 4.22. The first-order valence-corrected chi connectivity index (χ1v) is 7.67. The Morgan fingerprint density at radius 3 is 1.90 bits per heavy atom. The molecule has 2 heterocycles. The van der Waals surface area contributed by atoms with Gasteiger partial charge >= 0.3 is 0 Å². The number of benzene rings is 2. The smallest absolute Gasteiger partial charge is 0.0999 e. The van der Waals surface area contributed by atoms with E-state index >= 15 is 0 Å². The molecule has 4 rings (SSSR count). The van der Waals surface area contributed by atoms with Crippen LogP contribution in [0.1, 0.15) is 11.1 Å². The average molecular weight is 277 g/mol. The minimum absolute atomic E-state index is 1.28. The molecule has 0 radical (unpaired) electrons. The second-order valence-electron chi connectivity index (χ2n) is 5.33. The Hall–Kier alpha value is -2.06. The molecular weight excluding hydrogens is 262 g/mol. The van der Waals surface area contributed by atoms with Crippen molar-refractivity contribution in [3.05, 3.63) is 65.0 Å². The quantitative estimate of drug-likeness (QED) is 0.435. The lowest BCUT2D eigenvalue weighted by molar-refractivity contribution is 1.21. The minimum atomic E-state index is 1.28. The Kier molecular flexibility index (Phi) is 2.48. The monoisotopic (exact) mass is 277 g/mol. The van der Waals surface area contributed by atoms with E-state index in [1.165, 1.54) is 37.9 Å². The summed E-state index contributed by atoms with van der Waals surface area (Å²) in [7, 11) is 0. The highest BCUT2D eigenvalue weighted by Gasteiger charge is 2.12. The summed E-state index contributed by atoms with van der Waals surface area (Å²) < 4.78 is 2.38. The molecule has 0 unspecified atom stereocenters. The Morgan fingerprint density at radius 1 is 0.800 bits per heavy atom. The van der Waals surface area contributed by atoms with Crippen molar-refractivity contribution < 1.29 is 0 Å². The number of aromatic nitrogens is 1. The molecule has 20 heavy (non-hydrogen) atoms. The number of rotatable bonds is 1. The van der Waals surface area contributed by atoms with Gasteiger partial charge in [-0.1, -0.05) is 24.3 Å². The van der Waals surface area contributed by atoms with Crippen LogP contribution in [0.25, 0.3) is 26.8 Å². The largest absolute Gasteiger partial charge is 0.301 e. The average Bonchev–Trinajstić information content (AvgIpc) is 3.02. The summed E-state index contributed by atoms with van der Waals surface area (Å²) in [5.74, 6) is 0. The highest BCUT2D eigenvalue weighted by atomic mass is 32.1. The maximum atomic E-state index is 2.38. The third-order valence-corrected chi connectivity index (χ3v) is 4.66. The van der Waals surface area contributed by atoms with Gasteiger partial charge in [-0.3, -0.25) is 0 Å². The molecule has 4 aromatic rings. The van der Waals surface area contributed by atoms with Crippen LogP contribution in [0.2, 0.25) is 0 Å². The van der Waals surface area contributed by atoms with Gasteiger partial charge in [0, 0.05) is 10.8 Å². The van der Waals surface area contributed by atoms with Crippen LogP contribution >= 0.6 is 11.3 Å². The molecular formula is C18H15NS. The molecule has 2 aromatic carbocycles. The van der Waals surface area contributed by atoms with E-state index < -0.39 is 0 Å². The summed E-state index contributed by atoms with van der Waals surface area (Å²) in [6.07, 6.45) is 0. The fourth-order valence-electron chi connectivity index (χ4n) is 2.87. The number of hydrogen-bond donors (Lipinski definition) is 0. The van der Waals surface area contributed by atoms with Crippen molar-refractivity contribution in [2.24, 2.45) is 0 Å². The lowest BCUT2D eigenvalue weighted by atomic mass is 10.1. The Bertz CT molecular complexity index is 854. The van der Waals surface area contributed by atoms with E-state index in [4.69, 9.17) is 0 Å². The summed E-state index contributed by atoms with van der Waals surface area (Å²) in [6, 6.07) is 17.7. The molecule has 0 aliphatic heterocycles. The predicted molar refractivity (Wildman–Crippen MR) is 88.1 cm³/mol. The van der Waals surface area contributed by atoms with E-state index in [1.54, 1.807) is 11.3 Å². The Morgan fingerprint density at radius 2 is 1.40 bits per heavy atom. The van der Waals surface area contributed by atoms with Crippen LogP contribution < -0.4 is 0 Å². The third-order valence-electron chi connectivity index (χ3n) is 3.80. The van der Waals surface area contributed by atoms with Gasteiger partial charge in [-0.2, -0.15) is 0 Å². The van der Waals surface area contributed by atoms with E-state index in [2.05, 4.69) is 72.3 Å². The van der Waals surface area contributed by atoms with Gasteiger partial charge in [0.25, 0.3) is 0 Å². The molecule has 0 saturated carbocycles. The van der Waals surface area contributed by atoms with Gasteiger partial charge in [0.1, 0.15) is 0 Å². The number of aryl methyl sites for hydroxylation is 2. The number of nitrogens with zero attached hydrogens (tertiary/aromatic N) is 1. The standard InChI is InChI=1S/C18H15NS/c1-12-5-7-14-15-8-6-13(2)11-17(15)19(16(14)10-12)18-4-3-9-20-18/h3-11H,1-2H3. The fourth-order valence-corrected chi connectivity index (χ4v) is 3.63. The van der Waals surface area contributed by atoms with E-state index in [0.717, 1.165) is 0 Å². The van der Waals surface area contributed by atoms with Crippen molar-refractivity contribution in [2.45, 2.75) is 13.8 Å². The molecule has 0 saturated heterocycles. The predicted octanol–water partition coefficient (Wildman–Crippen LogP) is 5.46. The van der Waals surface area contributed by atoms with E-state index in [0.29, 0.717) is 0 Å². The SMILES string of the molecule is Cc1ccc2c3ccc(C)cc3n(-c3cccs3)c2c1. The summed E-state index contributed by atoms with van der Waals surface area (Å²) in [6.45, 7) is 4.31. The molecule has 2 aromatic heterocycles. The maximum absolute atomic E-state index is 2.38. The molecule has 0 atom stereocenters. The molecule has 1 nitrogen and oxygen atoms in total. The van der Waals surface area contributed by atoms with Gasteiger partial charge in [0.2, 0.25) is 0 Å². The van der Waals surface area contributed by atoms with Gasteiger partial charge in [0.05, 0.1) is 16.0 Å². The minimum Gasteiger partial charge on any atom is -0.301 e. The molecule has 0 aliphatic rings. The van der Waals surface area contributed by atoms with Crippen molar-refractivity contribution in [2.75, 3.05) is 0 Å². The zero-order chi connectivity index (χ0) is 13.7. The molecule has 0 fully saturated rings. The van der Waals surface area contributed by atoms with E-state index in [9.17, 15) is 0 Å². The van der Waals surface area contributed by atoms with Crippen LogP contribution in [0.3, 0.4) is 0 Å². The number of thiophene rings is 1. The molecule has 2 heteroatoms. The van der Waals surface area contributed by atoms with Crippen LogP contribution in [0.15, 0.2) is 53.9 Å². The van der Waals surface area contributed by atoms with Crippen molar-refractivity contribution in [1.82, 2.24) is 4.57 Å². The lowest BCUT2D eigenvalue weighted by Crippen LogP contribution is -1.90. The Balaban J connectivity index is 2.26. The summed E-state index contributed by atoms with van der Waals surface area (Å²) in [4.78, 5) is 0. The highest BCUT2D eigenvalue weighted by Crippen LogP contribution is 2.34. The third kappa shape index (κ3) is 1.61. The number of hydrogen-bond acceptors (Lipinski definition) is 1. The lowest BCUT2D eigenvalue weighted by Gasteiger charge is -2.05. The molecule has 0 amide bonds. The van der Waals surface area contributed by atoms with Crippen molar-refractivity contribution >= 4 is 33.1 Å². The van der Waals surface area contributed by atoms with Gasteiger partial charge in [-0.15, -0.1) is 11.3 Å². The van der Waals surface area contributed by atoms with Crippen LogP contribution in [-0.2, 0) is 0 Å². The summed E-state index contributed by atoms with van der Waals surface area (Å²) in [5, 5.41) is 6.08. The second-order valence-corrected chi connectivity index (χ2v) is 6.25. The zero-order valence-corrected chi connectivity index (χ0v) is 12.4. The van der Waals surface area contributed by atoms with Crippen molar-refractivity contribution in [3.63, 3.8) is 0 Å². The van der Waals surface area contributed by atoms with Crippen LogP contribution in [0.5, 0.6) is 0 Å². The molecule has 98 valence electrons. The van der Waals surface area contributed by atoms with Gasteiger partial charge in [-0.05, 0) is 54.6 Å². The van der Waals surface area contributed by atoms with Gasteiger partial charge in [-0.25, -0.2) is 0 Å². The first kappa shape index (κ1) is 11.7. The van der Waals surface area contributed by atoms with E-state index in [-0.39, 0.29) is 0 Å². The first-order chi connectivity index (χ1) is 9.74. The van der Waals surface area contributed by atoms with Crippen molar-refractivity contribution in [1.29, 1.82) is 0 Å². The molecule has 0 N–H and O–H groups in total. The molecule has 0 spiro atoms. The summed E-state index contributed by atoms with van der Waals surface area (Å²) in [5.41, 5.74) is 5.20. The maximum Gasteiger partial charge on any atom is 0.0999 e. The van der Waals surface area contributed by atoms with Crippen LogP contribution in [0, 0.1) is 13.8 Å². The Labute approximate surface area is 122 Å². The van der Waals surface area contributed by atoms with Gasteiger partial charge in [0.15, 0.2) is 0 Å². The highest BCUT2D eigenvalue weighted by molar-refractivity contribution is 7.12. The van der Waals surface area contributed by atoms with Crippen LogP contribution in [-0.4, -0.2) is 4.57 Å². The van der Waals surface area contributed by atoms with E-state index in [1.807, 2.05) is 0 Å². The van der Waals surface area contributed by atoms with Gasteiger partial charge < -0.3 is 4.57 Å². The normalized spacial score (nSPS) is 11.5. The first-order valence-electron chi connectivity index (χ1n) is 6.79. The van der Waals surface area contributed by atoms with Crippen LogP contribution in [0.4, 0.5) is 0 Å². The number of fused-ring (bicyclic) bond motifs is 3.